The summed E-state index contributed by atoms with van der Waals surface area (Å²) in [4.78, 5) is 17.4. The van der Waals surface area contributed by atoms with Crippen molar-refractivity contribution in [1.82, 2.24) is 10.3 Å². The van der Waals surface area contributed by atoms with Crippen molar-refractivity contribution < 1.29 is 9.53 Å². The number of hydrogen-bond donors (Lipinski definition) is 3. The van der Waals surface area contributed by atoms with Crippen molar-refractivity contribution in [2.75, 3.05) is 13.2 Å². The van der Waals surface area contributed by atoms with Gasteiger partial charge in [0, 0.05) is 24.4 Å². The minimum Gasteiger partial charge on any atom is -0.478 e. The molecule has 6 heteroatoms. The molecule has 1 aromatic heterocycles. The fourth-order valence-electron chi connectivity index (χ4n) is 3.33. The van der Waals surface area contributed by atoms with E-state index in [4.69, 9.17) is 16.2 Å². The Balaban J connectivity index is 1.60. The van der Waals surface area contributed by atoms with E-state index in [2.05, 4.69) is 10.3 Å². The molecule has 0 saturated carbocycles. The van der Waals surface area contributed by atoms with E-state index in [1.54, 1.807) is 0 Å². The molecule has 3 rings (SSSR count). The number of carbonyl (C=O) groups excluding carboxylic acids is 1. The van der Waals surface area contributed by atoms with Crippen LogP contribution in [0.15, 0.2) is 66.7 Å². The van der Waals surface area contributed by atoms with Gasteiger partial charge in [0.2, 0.25) is 5.88 Å². The molecule has 1 heterocycles. The van der Waals surface area contributed by atoms with Gasteiger partial charge in [-0.15, -0.1) is 0 Å². The molecular weight excluding hydrogens is 376 g/mol. The Kier molecular flexibility index (Phi) is 8.32. The maximum atomic E-state index is 12.9. The summed E-state index contributed by atoms with van der Waals surface area (Å²) < 4.78 is 5.84. The van der Waals surface area contributed by atoms with Crippen LogP contribution in [-0.4, -0.2) is 36.0 Å². The number of aromatic nitrogens is 1. The van der Waals surface area contributed by atoms with Gasteiger partial charge in [0.25, 0.3) is 0 Å². The number of nitrogens with two attached hydrogens (primary N) is 2. The Morgan fingerprint density at radius 1 is 1.00 bits per heavy atom. The Hall–Kier alpha value is -2.80. The fraction of sp³-hybridized carbons (Fsp3) is 0.333. The molecule has 5 N–H and O–H groups in total. The second kappa shape index (κ2) is 11.4. The van der Waals surface area contributed by atoms with Crippen molar-refractivity contribution >= 4 is 16.7 Å². The van der Waals surface area contributed by atoms with E-state index in [-0.39, 0.29) is 5.78 Å². The highest BCUT2D eigenvalue weighted by molar-refractivity contribution is 5.88. The lowest BCUT2D eigenvalue weighted by molar-refractivity contribution is -0.122. The number of nitrogens with one attached hydrogen (secondary N) is 1. The van der Waals surface area contributed by atoms with Crippen molar-refractivity contribution in [3.63, 3.8) is 0 Å². The molecule has 2 aromatic carbocycles. The van der Waals surface area contributed by atoms with Gasteiger partial charge < -0.3 is 21.5 Å². The first-order valence-electron chi connectivity index (χ1n) is 10.4. The zero-order valence-electron chi connectivity index (χ0n) is 17.2. The van der Waals surface area contributed by atoms with Gasteiger partial charge >= 0.3 is 0 Å². The minimum absolute atomic E-state index is 0.00514. The molecule has 0 radical (unpaired) electrons. The van der Waals surface area contributed by atoms with Crippen LogP contribution in [0.3, 0.4) is 0 Å². The number of nitrogens with zero attached hydrogens (tertiary/aromatic N) is 1. The normalized spacial score (nSPS) is 13.1. The van der Waals surface area contributed by atoms with Gasteiger partial charge in [0.05, 0.1) is 24.2 Å². The molecule has 158 valence electrons. The number of para-hydroxylation sites is 1. The highest BCUT2D eigenvalue weighted by Gasteiger charge is 2.23. The summed E-state index contributed by atoms with van der Waals surface area (Å²) in [7, 11) is 0. The first-order valence-corrected chi connectivity index (χ1v) is 10.4. The minimum atomic E-state index is -0.527. The van der Waals surface area contributed by atoms with Crippen LogP contribution in [0.4, 0.5) is 0 Å². The van der Waals surface area contributed by atoms with Crippen LogP contribution in [0.1, 0.15) is 24.8 Å². The zero-order valence-corrected chi connectivity index (χ0v) is 17.2. The lowest BCUT2D eigenvalue weighted by Gasteiger charge is -2.21. The third-order valence-corrected chi connectivity index (χ3v) is 5.05. The van der Waals surface area contributed by atoms with Crippen molar-refractivity contribution in [2.45, 2.75) is 37.9 Å². The van der Waals surface area contributed by atoms with Crippen molar-refractivity contribution in [1.29, 1.82) is 0 Å². The molecule has 0 bridgehead atoms. The van der Waals surface area contributed by atoms with Crippen LogP contribution in [-0.2, 0) is 11.3 Å². The van der Waals surface area contributed by atoms with Crippen LogP contribution in [0.25, 0.3) is 10.9 Å². The molecule has 0 spiro atoms. The Bertz CT molecular complexity index is 933. The maximum Gasteiger partial charge on any atom is 0.213 e. The molecule has 0 fully saturated rings. The van der Waals surface area contributed by atoms with Crippen LogP contribution in [0, 0.1) is 0 Å². The predicted molar refractivity (Wildman–Crippen MR) is 120 cm³/mol. The maximum absolute atomic E-state index is 12.9. The number of carbonyl (C=O) groups is 1. The Labute approximate surface area is 177 Å². The van der Waals surface area contributed by atoms with Gasteiger partial charge in [-0.25, -0.2) is 4.98 Å². The summed E-state index contributed by atoms with van der Waals surface area (Å²) in [5, 5.41) is 4.41. The molecular formula is C24H30N4O2. The quantitative estimate of drug-likeness (QED) is 0.427. The van der Waals surface area contributed by atoms with Gasteiger partial charge in [-0.2, -0.15) is 0 Å². The predicted octanol–water partition coefficient (Wildman–Crippen LogP) is 2.80. The third kappa shape index (κ3) is 6.35. The number of benzene rings is 2. The van der Waals surface area contributed by atoms with E-state index < -0.39 is 12.1 Å². The average Bonchev–Trinajstić information content (AvgIpc) is 2.79. The average molecular weight is 407 g/mol. The van der Waals surface area contributed by atoms with Crippen LogP contribution in [0.5, 0.6) is 5.88 Å². The number of fused-ring (bicyclic) bond motifs is 1. The molecule has 0 saturated heterocycles. The summed E-state index contributed by atoms with van der Waals surface area (Å²) in [6, 6.07) is 20.8. The monoisotopic (exact) mass is 406 g/mol. The summed E-state index contributed by atoms with van der Waals surface area (Å²) in [6.07, 6.45) is 1.83. The molecule has 0 aliphatic heterocycles. The smallest absolute Gasteiger partial charge is 0.213 e. The fourth-order valence-corrected chi connectivity index (χ4v) is 3.33. The van der Waals surface area contributed by atoms with E-state index in [0.29, 0.717) is 38.4 Å². The van der Waals surface area contributed by atoms with Gasteiger partial charge in [-0.3, -0.25) is 4.79 Å². The number of rotatable bonds is 12. The summed E-state index contributed by atoms with van der Waals surface area (Å²) in [6.45, 7) is 1.49. The van der Waals surface area contributed by atoms with Gasteiger partial charge in [-0.1, -0.05) is 48.5 Å². The first kappa shape index (κ1) is 21.9. The Morgan fingerprint density at radius 3 is 2.57 bits per heavy atom. The van der Waals surface area contributed by atoms with Crippen molar-refractivity contribution in [2.24, 2.45) is 11.5 Å². The van der Waals surface area contributed by atoms with Crippen LogP contribution < -0.4 is 21.5 Å². The molecule has 6 nitrogen and oxygen atoms in total. The van der Waals surface area contributed by atoms with E-state index in [9.17, 15) is 4.79 Å². The Morgan fingerprint density at radius 2 is 1.77 bits per heavy atom. The summed E-state index contributed by atoms with van der Waals surface area (Å²) >= 11 is 0. The number of Topliss-reactive ketones (excluding diaryl/α,β-unsaturated/α-hetero) is 1. The van der Waals surface area contributed by atoms with Crippen LogP contribution in [0.2, 0.25) is 0 Å². The standard InChI is InChI=1S/C24H30N4O2/c25-15-6-10-20(26)24(29)22(27-17-18-7-2-1-3-8-18)14-16-30-23-13-12-19-9-4-5-11-21(19)28-23/h1-5,7-9,11-13,20,22,27H,6,10,14-17,25-26H2/t20-,22?/m1/s1. The molecule has 0 amide bonds. The second-order valence-corrected chi connectivity index (χ2v) is 7.34. The molecule has 2 atom stereocenters. The second-order valence-electron chi connectivity index (χ2n) is 7.34. The van der Waals surface area contributed by atoms with Crippen molar-refractivity contribution in [3.8, 4) is 5.88 Å². The van der Waals surface area contributed by atoms with E-state index in [1.165, 1.54) is 0 Å². The molecule has 1 unspecified atom stereocenters. The van der Waals surface area contributed by atoms with Gasteiger partial charge in [0.1, 0.15) is 0 Å². The van der Waals surface area contributed by atoms with Crippen LogP contribution >= 0.6 is 0 Å². The number of ether oxygens (including phenoxy) is 1. The molecule has 30 heavy (non-hydrogen) atoms. The van der Waals surface area contributed by atoms with E-state index >= 15 is 0 Å². The number of pyridine rings is 1. The van der Waals surface area contributed by atoms with Gasteiger partial charge in [-0.05, 0) is 37.1 Å². The van der Waals surface area contributed by atoms with Crippen molar-refractivity contribution in [3.05, 3.63) is 72.3 Å². The van der Waals surface area contributed by atoms with E-state index in [0.717, 1.165) is 22.9 Å². The highest BCUT2D eigenvalue weighted by atomic mass is 16.5. The lowest BCUT2D eigenvalue weighted by Crippen LogP contribution is -2.46. The largest absolute Gasteiger partial charge is 0.478 e. The number of hydrogen-bond acceptors (Lipinski definition) is 6. The van der Waals surface area contributed by atoms with E-state index in [1.807, 2.05) is 66.7 Å². The van der Waals surface area contributed by atoms with Gasteiger partial charge in [0.15, 0.2) is 5.78 Å². The lowest BCUT2D eigenvalue weighted by atomic mass is 9.99. The topological polar surface area (TPSA) is 103 Å². The summed E-state index contributed by atoms with van der Waals surface area (Å²) in [5.74, 6) is 0.546. The molecule has 0 aliphatic rings. The number of ketones is 1. The third-order valence-electron chi connectivity index (χ3n) is 5.05. The highest BCUT2D eigenvalue weighted by Crippen LogP contribution is 2.16. The first-order chi connectivity index (χ1) is 14.7. The molecule has 3 aromatic rings. The summed E-state index contributed by atoms with van der Waals surface area (Å²) in [5.41, 5.74) is 13.7. The SMILES string of the molecule is NCCC[C@@H](N)C(=O)C(CCOc1ccc2ccccc2n1)NCc1ccccc1. The molecule has 0 aliphatic carbocycles. The zero-order chi connectivity index (χ0) is 21.2.